The molecule has 0 aromatic heterocycles. The Morgan fingerprint density at radius 1 is 1.00 bits per heavy atom. The fraction of sp³-hybridized carbons (Fsp3) is 0. The van der Waals surface area contributed by atoms with E-state index >= 15 is 0 Å². The van der Waals surface area contributed by atoms with Crippen LogP contribution in [0.3, 0.4) is 0 Å². The van der Waals surface area contributed by atoms with Gasteiger partial charge in [0.2, 0.25) is 0 Å². The van der Waals surface area contributed by atoms with Crippen LogP contribution < -0.4 is 0 Å². The topological polar surface area (TPSA) is 0 Å². The zero-order valence-electron chi connectivity index (χ0n) is 1.83. The molecule has 0 atom stereocenters. The third kappa shape index (κ3) is 8.82. The maximum Gasteiger partial charge on any atom is 0 e. The van der Waals surface area contributed by atoms with Crippen LogP contribution >= 0.6 is 0 Å². The van der Waals surface area contributed by atoms with Gasteiger partial charge in [0.25, 0.3) is 0 Å². The van der Waals surface area contributed by atoms with Crippen molar-refractivity contribution in [2.24, 2.45) is 0 Å². The summed E-state index contributed by atoms with van der Waals surface area (Å²) in [6, 6.07) is 0. The van der Waals surface area contributed by atoms with E-state index in [1.165, 1.54) is 0 Å². The molecule has 0 unspecified atom stereocenters. The van der Waals surface area contributed by atoms with Gasteiger partial charge in [-0.2, -0.15) is 0 Å². The van der Waals surface area contributed by atoms with E-state index in [1.807, 2.05) is 0 Å². The van der Waals surface area contributed by atoms with Crippen LogP contribution in [0.15, 0.2) is 0 Å². The van der Waals surface area contributed by atoms with Gasteiger partial charge in [0.05, 0.1) is 0 Å². The van der Waals surface area contributed by atoms with Crippen LogP contribution in [0.2, 0.25) is 0 Å². The van der Waals surface area contributed by atoms with Gasteiger partial charge in [-0.25, -0.2) is 0 Å². The van der Waals surface area contributed by atoms with Gasteiger partial charge in [-0.05, 0) is 0 Å². The first-order valence-electron chi connectivity index (χ1n) is 0. The predicted molar refractivity (Wildman–Crippen MR) is 5.75 cm³/mol. The fourth-order valence-electron chi connectivity index (χ4n) is 0. The SMILES string of the molecule is [Al].[Cu].[Ta].[Ti]. The van der Waals surface area contributed by atoms with Crippen molar-refractivity contribution in [2.45, 2.75) is 0 Å². The molecule has 4 heteroatoms. The summed E-state index contributed by atoms with van der Waals surface area (Å²) in [4.78, 5) is 0. The van der Waals surface area contributed by atoms with E-state index in [-0.39, 0.29) is 78.5 Å². The average Bonchev–Trinajstić information content (AvgIpc) is 0. The Morgan fingerprint density at radius 3 is 1.00 bits per heavy atom. The van der Waals surface area contributed by atoms with Crippen LogP contribution in [-0.4, -0.2) is 17.4 Å². The molecule has 0 bridgehead atoms. The molecule has 0 saturated heterocycles. The average molecular weight is 319 g/mol. The van der Waals surface area contributed by atoms with E-state index in [2.05, 4.69) is 0 Å². The Kier molecular flexibility index (Phi) is 140. The minimum atomic E-state index is 0. The zero-order chi connectivity index (χ0) is 0. The Hall–Kier alpha value is 2.51. The molecule has 4 heavy (non-hydrogen) atoms. The second-order valence-electron chi connectivity index (χ2n) is 0. The molecule has 0 aromatic rings. The summed E-state index contributed by atoms with van der Waals surface area (Å²) < 4.78 is 0. The molecule has 23 valence electrons. The van der Waals surface area contributed by atoms with E-state index in [0.717, 1.165) is 0 Å². The van der Waals surface area contributed by atoms with Crippen molar-refractivity contribution in [1.82, 2.24) is 0 Å². The maximum absolute atomic E-state index is 0. The molecule has 0 aliphatic rings. The number of hydrogen-bond acceptors (Lipinski definition) is 0. The van der Waals surface area contributed by atoms with Gasteiger partial charge in [-0.15, -0.1) is 0 Å². The van der Waals surface area contributed by atoms with Crippen molar-refractivity contribution >= 4 is 17.4 Å². The van der Waals surface area contributed by atoms with Crippen LogP contribution in [0.4, 0.5) is 0 Å². The molecule has 0 nitrogen and oxygen atoms in total. The maximum atomic E-state index is 0. The van der Waals surface area contributed by atoms with Gasteiger partial charge in [0.15, 0.2) is 0 Å². The molecule has 0 aliphatic heterocycles. The quantitative estimate of drug-likeness (QED) is 0.534. The van der Waals surface area contributed by atoms with Gasteiger partial charge in [0, 0.05) is 78.5 Å². The van der Waals surface area contributed by atoms with E-state index in [4.69, 9.17) is 0 Å². The summed E-state index contributed by atoms with van der Waals surface area (Å²) in [5.74, 6) is 0. The van der Waals surface area contributed by atoms with Crippen LogP contribution in [0, 0.1) is 0 Å². The molecule has 0 amide bonds. The monoisotopic (exact) mass is 319 g/mol. The van der Waals surface area contributed by atoms with Crippen LogP contribution in [-0.2, 0) is 61.2 Å². The molecular formula is AlCuTaTi. The minimum absolute atomic E-state index is 0. The third-order valence-electron chi connectivity index (χ3n) is 0. The van der Waals surface area contributed by atoms with Crippen molar-refractivity contribution in [3.8, 4) is 0 Å². The standard InChI is InChI=1S/Al.Cu.Ta.Ti. The predicted octanol–water partition coefficient (Wildman–Crippen LogP) is -0.388. The molecule has 0 saturated carbocycles. The van der Waals surface area contributed by atoms with Crippen molar-refractivity contribution < 1.29 is 61.2 Å². The van der Waals surface area contributed by atoms with Gasteiger partial charge < -0.3 is 0 Å². The fourth-order valence-corrected chi connectivity index (χ4v) is 0. The summed E-state index contributed by atoms with van der Waals surface area (Å²) in [5.41, 5.74) is 0. The molecular weight excluding hydrogens is 319 g/mol. The smallest absolute Gasteiger partial charge is 0 e. The largest absolute Gasteiger partial charge is 0 e. The number of rotatable bonds is 0. The summed E-state index contributed by atoms with van der Waals surface area (Å²) in [6.07, 6.45) is 0. The van der Waals surface area contributed by atoms with Crippen LogP contribution in [0.25, 0.3) is 0 Å². The Balaban J connectivity index is 0. The molecule has 0 rings (SSSR count). The van der Waals surface area contributed by atoms with Gasteiger partial charge >= 0.3 is 0 Å². The Morgan fingerprint density at radius 2 is 1.00 bits per heavy atom. The normalized spacial score (nSPS) is 0. The molecule has 5 radical (unpaired) electrons. The van der Waals surface area contributed by atoms with E-state index < -0.39 is 0 Å². The number of hydrogen-bond donors (Lipinski definition) is 0. The first-order chi connectivity index (χ1) is 0. The molecule has 0 aromatic carbocycles. The molecule has 0 spiro atoms. The molecule has 0 fully saturated rings. The van der Waals surface area contributed by atoms with E-state index in [0.29, 0.717) is 0 Å². The summed E-state index contributed by atoms with van der Waals surface area (Å²) in [6.45, 7) is 0. The van der Waals surface area contributed by atoms with Gasteiger partial charge in [0.1, 0.15) is 0 Å². The molecule has 0 N–H and O–H groups in total. The molecule has 0 heterocycles. The van der Waals surface area contributed by atoms with E-state index in [1.54, 1.807) is 0 Å². The van der Waals surface area contributed by atoms with E-state index in [9.17, 15) is 0 Å². The third-order valence-corrected chi connectivity index (χ3v) is 0. The summed E-state index contributed by atoms with van der Waals surface area (Å²) in [5, 5.41) is 0. The second kappa shape index (κ2) is 17.8. The van der Waals surface area contributed by atoms with Crippen molar-refractivity contribution in [3.05, 3.63) is 0 Å². The van der Waals surface area contributed by atoms with Crippen LogP contribution in [0.5, 0.6) is 0 Å². The van der Waals surface area contributed by atoms with Gasteiger partial charge in [-0.3, -0.25) is 0 Å². The second-order valence-corrected chi connectivity index (χ2v) is 0. The summed E-state index contributed by atoms with van der Waals surface area (Å²) in [7, 11) is 0. The van der Waals surface area contributed by atoms with Crippen molar-refractivity contribution in [1.29, 1.82) is 0 Å². The summed E-state index contributed by atoms with van der Waals surface area (Å²) >= 11 is 0. The van der Waals surface area contributed by atoms with Crippen molar-refractivity contribution in [2.75, 3.05) is 0 Å². The first kappa shape index (κ1) is 31.4. The Labute approximate surface area is 77.5 Å². The minimum Gasteiger partial charge on any atom is 0 e. The zero-order valence-corrected chi connectivity index (χ0v) is 8.70. The molecule has 0 aliphatic carbocycles. The van der Waals surface area contributed by atoms with Gasteiger partial charge in [-0.1, -0.05) is 0 Å². The Bertz CT molecular complexity index is 8.00. The van der Waals surface area contributed by atoms with Crippen molar-refractivity contribution in [3.63, 3.8) is 0 Å². The first-order valence-corrected chi connectivity index (χ1v) is 0. The van der Waals surface area contributed by atoms with Crippen LogP contribution in [0.1, 0.15) is 0 Å².